The summed E-state index contributed by atoms with van der Waals surface area (Å²) in [6.07, 6.45) is 0.720. The van der Waals surface area contributed by atoms with Crippen LogP contribution in [0.2, 0.25) is 0 Å². The minimum Gasteiger partial charge on any atom is -0.504 e. The molecule has 0 radical (unpaired) electrons. The highest BCUT2D eigenvalue weighted by molar-refractivity contribution is 7.46. The number of rotatable bonds is 6. The van der Waals surface area contributed by atoms with Crippen LogP contribution in [0.25, 0.3) is 0 Å². The molecular formula is C10H17ClNO5P. The van der Waals surface area contributed by atoms with Gasteiger partial charge in [0.15, 0.2) is 11.5 Å². The molecule has 104 valence electrons. The van der Waals surface area contributed by atoms with Crippen LogP contribution in [0.4, 0.5) is 0 Å². The summed E-state index contributed by atoms with van der Waals surface area (Å²) in [7, 11) is -4.63. The Labute approximate surface area is 112 Å². The van der Waals surface area contributed by atoms with Gasteiger partial charge >= 0.3 is 7.82 Å². The second-order valence-electron chi connectivity index (χ2n) is 3.49. The van der Waals surface area contributed by atoms with Gasteiger partial charge in [0.25, 0.3) is 0 Å². The first kappa shape index (κ1) is 17.2. The van der Waals surface area contributed by atoms with Crippen molar-refractivity contribution in [3.63, 3.8) is 0 Å². The molecule has 0 heterocycles. The number of nitrogens with one attached hydrogen (secondary N) is 1. The number of halogens is 1. The molecule has 8 heteroatoms. The Morgan fingerprint density at radius 1 is 1.39 bits per heavy atom. The number of hydrogen-bond donors (Lipinski definition) is 4. The fourth-order valence-electron chi connectivity index (χ4n) is 1.33. The third-order valence-corrected chi connectivity index (χ3v) is 2.52. The van der Waals surface area contributed by atoms with Crippen molar-refractivity contribution in [2.24, 2.45) is 0 Å². The van der Waals surface area contributed by atoms with Crippen LogP contribution in [0, 0.1) is 0 Å². The lowest BCUT2D eigenvalue weighted by atomic mass is 10.1. The highest BCUT2D eigenvalue weighted by atomic mass is 35.5. The molecule has 18 heavy (non-hydrogen) atoms. The van der Waals surface area contributed by atoms with Crippen molar-refractivity contribution in [2.45, 2.75) is 13.3 Å². The van der Waals surface area contributed by atoms with Gasteiger partial charge in [-0.25, -0.2) is 4.57 Å². The predicted molar refractivity (Wildman–Crippen MR) is 70.3 cm³/mol. The molecule has 1 aromatic rings. The van der Waals surface area contributed by atoms with Gasteiger partial charge < -0.3 is 14.9 Å². The summed E-state index contributed by atoms with van der Waals surface area (Å²) >= 11 is 0. The van der Waals surface area contributed by atoms with Crippen LogP contribution in [0.15, 0.2) is 18.2 Å². The van der Waals surface area contributed by atoms with E-state index < -0.39 is 7.82 Å². The fourth-order valence-corrected chi connectivity index (χ4v) is 1.74. The molecule has 0 fully saturated rings. The number of phosphoric acid groups is 1. The minimum atomic E-state index is -4.63. The zero-order chi connectivity index (χ0) is 12.9. The molecule has 4 N–H and O–H groups in total. The molecule has 0 bridgehead atoms. The highest BCUT2D eigenvalue weighted by Gasteiger charge is 2.18. The number of hydrogen-bond acceptors (Lipinski definition) is 4. The Morgan fingerprint density at radius 2 is 2.06 bits per heavy atom. The first-order valence-corrected chi connectivity index (χ1v) is 6.73. The van der Waals surface area contributed by atoms with Crippen LogP contribution >= 0.6 is 20.2 Å². The summed E-state index contributed by atoms with van der Waals surface area (Å²) in [4.78, 5) is 17.2. The van der Waals surface area contributed by atoms with Crippen LogP contribution in [-0.2, 0) is 11.0 Å². The maximum absolute atomic E-state index is 10.6. The van der Waals surface area contributed by atoms with Gasteiger partial charge in [-0.15, -0.1) is 12.4 Å². The first-order chi connectivity index (χ1) is 7.92. The van der Waals surface area contributed by atoms with Crippen molar-refractivity contribution in [3.05, 3.63) is 23.8 Å². The Balaban J connectivity index is 0.00000289. The van der Waals surface area contributed by atoms with E-state index >= 15 is 0 Å². The molecule has 0 amide bonds. The number of phenolic OH excluding ortho intramolecular Hbond substituents is 1. The number of phosphoric ester groups is 1. The smallest absolute Gasteiger partial charge is 0.504 e. The van der Waals surface area contributed by atoms with E-state index in [4.69, 9.17) is 9.79 Å². The van der Waals surface area contributed by atoms with Crippen LogP contribution in [-0.4, -0.2) is 28.0 Å². The predicted octanol–water partition coefficient (Wildman–Crippen LogP) is 1.44. The lowest BCUT2D eigenvalue weighted by Crippen LogP contribution is -2.15. The summed E-state index contributed by atoms with van der Waals surface area (Å²) in [5.74, 6) is -0.493. The van der Waals surface area contributed by atoms with Gasteiger partial charge in [0.1, 0.15) is 0 Å². The molecule has 0 saturated carbocycles. The first-order valence-electron chi connectivity index (χ1n) is 5.20. The topological polar surface area (TPSA) is 99.0 Å². The highest BCUT2D eigenvalue weighted by Crippen LogP contribution is 2.41. The molecule has 0 aliphatic rings. The Hall–Kier alpha value is -0.780. The Bertz CT molecular complexity index is 423. The van der Waals surface area contributed by atoms with Gasteiger partial charge in [-0.1, -0.05) is 13.0 Å². The van der Waals surface area contributed by atoms with Crippen molar-refractivity contribution in [1.82, 2.24) is 5.32 Å². The van der Waals surface area contributed by atoms with Crippen LogP contribution in [0.3, 0.4) is 0 Å². The molecule has 0 aliphatic heterocycles. The average Bonchev–Trinajstić information content (AvgIpc) is 2.21. The van der Waals surface area contributed by atoms with E-state index in [1.807, 2.05) is 6.92 Å². The number of likely N-dealkylation sites (N-methyl/N-ethyl adjacent to an activating group) is 1. The summed E-state index contributed by atoms with van der Waals surface area (Å²) in [6.45, 7) is 3.63. The molecule has 6 nitrogen and oxygen atoms in total. The van der Waals surface area contributed by atoms with Crippen molar-refractivity contribution < 1.29 is 24.0 Å². The third kappa shape index (κ3) is 6.23. The molecule has 1 rings (SSSR count). The summed E-state index contributed by atoms with van der Waals surface area (Å²) in [6, 6.07) is 4.43. The van der Waals surface area contributed by atoms with E-state index in [1.54, 1.807) is 6.07 Å². The normalized spacial score (nSPS) is 10.8. The van der Waals surface area contributed by atoms with E-state index in [-0.39, 0.29) is 23.9 Å². The quantitative estimate of drug-likeness (QED) is 0.468. The molecule has 0 aromatic heterocycles. The van der Waals surface area contributed by atoms with Gasteiger partial charge in [0.05, 0.1) is 0 Å². The molecule has 0 aliphatic carbocycles. The van der Waals surface area contributed by atoms with E-state index in [0.717, 1.165) is 25.1 Å². The number of benzene rings is 1. The van der Waals surface area contributed by atoms with E-state index in [0.29, 0.717) is 0 Å². The van der Waals surface area contributed by atoms with E-state index in [2.05, 4.69) is 9.84 Å². The molecule has 0 unspecified atom stereocenters. The molecule has 0 saturated heterocycles. The molecule has 0 spiro atoms. The SMILES string of the molecule is CCNCCc1ccc(OP(=O)(O)O)c(O)c1.Cl. The monoisotopic (exact) mass is 297 g/mol. The number of aromatic hydroxyl groups is 1. The maximum Gasteiger partial charge on any atom is 0.524 e. The van der Waals surface area contributed by atoms with Crippen molar-refractivity contribution in [3.8, 4) is 11.5 Å². The third-order valence-electron chi connectivity index (χ3n) is 2.08. The largest absolute Gasteiger partial charge is 0.524 e. The zero-order valence-corrected chi connectivity index (χ0v) is 11.6. The second-order valence-corrected chi connectivity index (χ2v) is 4.65. The van der Waals surface area contributed by atoms with E-state index in [9.17, 15) is 9.67 Å². The summed E-state index contributed by atoms with van der Waals surface area (Å²) in [5, 5.41) is 12.7. The Morgan fingerprint density at radius 3 is 2.56 bits per heavy atom. The van der Waals surface area contributed by atoms with Crippen molar-refractivity contribution in [1.29, 1.82) is 0 Å². The van der Waals surface area contributed by atoms with Gasteiger partial charge in [0.2, 0.25) is 0 Å². The lowest BCUT2D eigenvalue weighted by Gasteiger charge is -2.09. The summed E-state index contributed by atoms with van der Waals surface area (Å²) in [5.41, 5.74) is 0.863. The van der Waals surface area contributed by atoms with E-state index in [1.165, 1.54) is 12.1 Å². The van der Waals surface area contributed by atoms with Crippen molar-refractivity contribution >= 4 is 20.2 Å². The van der Waals surface area contributed by atoms with Gasteiger partial charge in [-0.05, 0) is 37.2 Å². The van der Waals surface area contributed by atoms with Crippen LogP contribution in [0.1, 0.15) is 12.5 Å². The van der Waals surface area contributed by atoms with Gasteiger partial charge in [-0.3, -0.25) is 9.79 Å². The average molecular weight is 298 g/mol. The lowest BCUT2D eigenvalue weighted by molar-refractivity contribution is 0.277. The molecule has 1 aromatic carbocycles. The van der Waals surface area contributed by atoms with Crippen LogP contribution in [0.5, 0.6) is 11.5 Å². The van der Waals surface area contributed by atoms with Crippen molar-refractivity contribution in [2.75, 3.05) is 13.1 Å². The zero-order valence-electron chi connectivity index (χ0n) is 9.87. The van der Waals surface area contributed by atoms with Gasteiger partial charge in [0, 0.05) is 0 Å². The number of phenols is 1. The molecular weight excluding hydrogens is 281 g/mol. The summed E-state index contributed by atoms with van der Waals surface area (Å²) < 4.78 is 14.9. The maximum atomic E-state index is 10.6. The molecule has 0 atom stereocenters. The second kappa shape index (κ2) is 7.61. The van der Waals surface area contributed by atoms with Crippen LogP contribution < -0.4 is 9.84 Å². The Kier molecular flexibility index (Phi) is 7.28. The fraction of sp³-hybridized carbons (Fsp3) is 0.400. The minimum absolute atomic E-state index is 0. The standard InChI is InChI=1S/C10H16NO5P.ClH/c1-2-11-6-5-8-3-4-10(9(12)7-8)16-17(13,14)15;/h3-4,7,11-12H,2,5-6H2,1H3,(H2,13,14,15);1H. The van der Waals surface area contributed by atoms with Gasteiger partial charge in [-0.2, -0.15) is 0 Å².